The summed E-state index contributed by atoms with van der Waals surface area (Å²) in [6, 6.07) is 1.81. The molecule has 2 N–H and O–H groups in total. The van der Waals surface area contributed by atoms with Gasteiger partial charge in [-0.3, -0.25) is 0 Å². The summed E-state index contributed by atoms with van der Waals surface area (Å²) in [4.78, 5) is 10.4. The normalized spacial score (nSPS) is 10.2. The fourth-order valence-corrected chi connectivity index (χ4v) is 1.10. The van der Waals surface area contributed by atoms with Crippen LogP contribution in [0.25, 0.3) is 0 Å². The van der Waals surface area contributed by atoms with E-state index in [0.717, 1.165) is 12.1 Å². The molecule has 0 spiro atoms. The van der Waals surface area contributed by atoms with Crippen LogP contribution in [0.5, 0.6) is 0 Å². The summed E-state index contributed by atoms with van der Waals surface area (Å²) in [6.07, 6.45) is 0.0910. The number of carboxylic acid groups (broad SMARTS) is 1. The zero-order valence-corrected chi connectivity index (χ0v) is 7.13. The highest BCUT2D eigenvalue weighted by Crippen LogP contribution is 2.15. The molecule has 3 nitrogen and oxygen atoms in total. The van der Waals surface area contributed by atoms with Crippen LogP contribution < -0.4 is 0 Å². The highest BCUT2D eigenvalue weighted by Gasteiger charge is 2.17. The second kappa shape index (κ2) is 4.15. The second-order valence-corrected chi connectivity index (χ2v) is 2.71. The van der Waals surface area contributed by atoms with E-state index in [0.29, 0.717) is 0 Å². The van der Waals surface area contributed by atoms with E-state index in [1.54, 1.807) is 0 Å². The SMILES string of the molecule is O=C(O)c1c(F)cc(CCO)cc1F. The number of carboxylic acids is 1. The lowest BCUT2D eigenvalue weighted by molar-refractivity contribution is 0.0686. The number of carbonyl (C=O) groups is 1. The van der Waals surface area contributed by atoms with Gasteiger partial charge in [-0.15, -0.1) is 0 Å². The zero-order valence-electron chi connectivity index (χ0n) is 7.13. The largest absolute Gasteiger partial charge is 0.477 e. The van der Waals surface area contributed by atoms with Gasteiger partial charge >= 0.3 is 5.97 Å². The molecule has 5 heteroatoms. The first-order valence-corrected chi connectivity index (χ1v) is 3.88. The minimum absolute atomic E-state index is 0.0910. The minimum atomic E-state index is -1.64. The minimum Gasteiger partial charge on any atom is -0.477 e. The Bertz CT molecular complexity index is 340. The molecular weight excluding hydrogens is 194 g/mol. The Morgan fingerprint density at radius 3 is 2.14 bits per heavy atom. The number of aliphatic hydroxyl groups excluding tert-OH is 1. The third kappa shape index (κ3) is 2.05. The van der Waals surface area contributed by atoms with Crippen LogP contribution in [0.15, 0.2) is 12.1 Å². The van der Waals surface area contributed by atoms with Crippen LogP contribution in [0.3, 0.4) is 0 Å². The molecule has 0 fully saturated rings. The maximum atomic E-state index is 13.0. The number of rotatable bonds is 3. The first-order valence-electron chi connectivity index (χ1n) is 3.88. The quantitative estimate of drug-likeness (QED) is 0.774. The van der Waals surface area contributed by atoms with E-state index in [2.05, 4.69) is 0 Å². The molecule has 0 aliphatic rings. The van der Waals surface area contributed by atoms with E-state index in [1.165, 1.54) is 0 Å². The molecular formula is C9H8F2O3. The molecule has 0 unspecified atom stereocenters. The lowest BCUT2D eigenvalue weighted by atomic mass is 10.1. The lowest BCUT2D eigenvalue weighted by Crippen LogP contribution is -2.06. The molecule has 0 saturated carbocycles. The topological polar surface area (TPSA) is 57.5 Å². The van der Waals surface area contributed by atoms with Gasteiger partial charge in [0, 0.05) is 6.61 Å². The van der Waals surface area contributed by atoms with Gasteiger partial charge in [-0.25, -0.2) is 13.6 Å². The molecule has 1 aromatic carbocycles. The van der Waals surface area contributed by atoms with Crippen molar-refractivity contribution in [1.82, 2.24) is 0 Å². The third-order valence-electron chi connectivity index (χ3n) is 1.72. The van der Waals surface area contributed by atoms with Crippen molar-refractivity contribution < 1.29 is 23.8 Å². The van der Waals surface area contributed by atoms with E-state index >= 15 is 0 Å². The number of halogens is 2. The number of aliphatic hydroxyl groups is 1. The molecule has 0 aromatic heterocycles. The highest BCUT2D eigenvalue weighted by atomic mass is 19.1. The monoisotopic (exact) mass is 202 g/mol. The first-order chi connectivity index (χ1) is 6.56. The summed E-state index contributed by atoms with van der Waals surface area (Å²) in [5.74, 6) is -3.89. The summed E-state index contributed by atoms with van der Waals surface area (Å²) < 4.78 is 26.0. The van der Waals surface area contributed by atoms with Crippen LogP contribution in [-0.4, -0.2) is 22.8 Å². The van der Waals surface area contributed by atoms with Crippen LogP contribution in [0, 0.1) is 11.6 Å². The van der Waals surface area contributed by atoms with Gasteiger partial charge < -0.3 is 10.2 Å². The Balaban J connectivity index is 3.18. The van der Waals surface area contributed by atoms with Crippen molar-refractivity contribution in [2.45, 2.75) is 6.42 Å². The van der Waals surface area contributed by atoms with E-state index < -0.39 is 23.2 Å². The summed E-state index contributed by atoms with van der Waals surface area (Å²) >= 11 is 0. The van der Waals surface area contributed by atoms with Crippen molar-refractivity contribution in [1.29, 1.82) is 0 Å². The van der Waals surface area contributed by atoms with Crippen LogP contribution in [0.2, 0.25) is 0 Å². The number of hydrogen-bond acceptors (Lipinski definition) is 2. The fourth-order valence-electron chi connectivity index (χ4n) is 1.10. The van der Waals surface area contributed by atoms with Gasteiger partial charge in [-0.1, -0.05) is 0 Å². The van der Waals surface area contributed by atoms with Crippen molar-refractivity contribution in [2.24, 2.45) is 0 Å². The number of hydrogen-bond donors (Lipinski definition) is 2. The molecule has 0 heterocycles. The Morgan fingerprint density at radius 2 is 1.79 bits per heavy atom. The van der Waals surface area contributed by atoms with E-state index in [9.17, 15) is 13.6 Å². The van der Waals surface area contributed by atoms with Crippen LogP contribution >= 0.6 is 0 Å². The Morgan fingerprint density at radius 1 is 1.29 bits per heavy atom. The predicted octanol–water partition coefficient (Wildman–Crippen LogP) is 1.20. The average molecular weight is 202 g/mol. The summed E-state index contributed by atoms with van der Waals surface area (Å²) in [5.41, 5.74) is -0.737. The standard InChI is InChI=1S/C9H8F2O3/c10-6-3-5(1-2-12)4-7(11)8(6)9(13)14/h3-4,12H,1-2H2,(H,13,14). The molecule has 76 valence electrons. The molecule has 1 aromatic rings. The Hall–Kier alpha value is -1.49. The molecule has 0 amide bonds. The molecule has 0 atom stereocenters. The molecule has 0 aliphatic carbocycles. The van der Waals surface area contributed by atoms with E-state index in [4.69, 9.17) is 10.2 Å². The number of aromatic carboxylic acids is 1. The zero-order chi connectivity index (χ0) is 10.7. The van der Waals surface area contributed by atoms with Gasteiger partial charge in [0.15, 0.2) is 0 Å². The molecule has 0 radical (unpaired) electrons. The van der Waals surface area contributed by atoms with Crippen molar-refractivity contribution >= 4 is 5.97 Å². The maximum Gasteiger partial charge on any atom is 0.341 e. The van der Waals surface area contributed by atoms with Gasteiger partial charge in [-0.05, 0) is 24.1 Å². The van der Waals surface area contributed by atoms with Crippen molar-refractivity contribution in [3.05, 3.63) is 34.9 Å². The van der Waals surface area contributed by atoms with Crippen molar-refractivity contribution in [3.63, 3.8) is 0 Å². The van der Waals surface area contributed by atoms with Crippen molar-refractivity contribution in [2.75, 3.05) is 6.61 Å². The molecule has 0 aliphatic heterocycles. The fraction of sp³-hybridized carbons (Fsp3) is 0.222. The molecule has 14 heavy (non-hydrogen) atoms. The van der Waals surface area contributed by atoms with Crippen molar-refractivity contribution in [3.8, 4) is 0 Å². The highest BCUT2D eigenvalue weighted by molar-refractivity contribution is 5.88. The number of benzene rings is 1. The Kier molecular flexibility index (Phi) is 3.14. The van der Waals surface area contributed by atoms with E-state index in [-0.39, 0.29) is 18.6 Å². The maximum absolute atomic E-state index is 13.0. The Labute approximate surface area is 78.6 Å². The lowest BCUT2D eigenvalue weighted by Gasteiger charge is -2.03. The van der Waals surface area contributed by atoms with E-state index in [1.807, 2.05) is 0 Å². The van der Waals surface area contributed by atoms with Crippen LogP contribution in [0.1, 0.15) is 15.9 Å². The first kappa shape index (κ1) is 10.6. The molecule has 0 bridgehead atoms. The van der Waals surface area contributed by atoms with Gasteiger partial charge in [0.25, 0.3) is 0 Å². The summed E-state index contributed by atoms with van der Waals surface area (Å²) in [7, 11) is 0. The second-order valence-electron chi connectivity index (χ2n) is 2.71. The van der Waals surface area contributed by atoms with Crippen LogP contribution in [0.4, 0.5) is 8.78 Å². The van der Waals surface area contributed by atoms with Crippen LogP contribution in [-0.2, 0) is 6.42 Å². The van der Waals surface area contributed by atoms with Gasteiger partial charge in [0.2, 0.25) is 0 Å². The van der Waals surface area contributed by atoms with Gasteiger partial charge in [0.05, 0.1) is 0 Å². The summed E-state index contributed by atoms with van der Waals surface area (Å²) in [5, 5.41) is 17.0. The smallest absolute Gasteiger partial charge is 0.341 e. The van der Waals surface area contributed by atoms with Gasteiger partial charge in [-0.2, -0.15) is 0 Å². The summed E-state index contributed by atoms with van der Waals surface area (Å²) in [6.45, 7) is -0.245. The predicted molar refractivity (Wildman–Crippen MR) is 44.1 cm³/mol. The average Bonchev–Trinajstić information content (AvgIpc) is 2.01. The third-order valence-corrected chi connectivity index (χ3v) is 1.72. The molecule has 1 rings (SSSR count). The molecule has 0 saturated heterocycles. The van der Waals surface area contributed by atoms with Gasteiger partial charge in [0.1, 0.15) is 17.2 Å².